The molecule has 0 saturated carbocycles. The van der Waals surface area contributed by atoms with Crippen LogP contribution in [0.2, 0.25) is 0 Å². The van der Waals surface area contributed by atoms with E-state index in [1.54, 1.807) is 24.5 Å². The standard InChI is InChI=1S/C15H20N4OS/c1-4-5-12-6-11(7-13(16-3)19-12)15(20)17-8-14-18-10(2)9-21-14/h6-7,9H,4-5,8H2,1-3H3,(H,16,19)(H,17,20). The monoisotopic (exact) mass is 304 g/mol. The van der Waals surface area contributed by atoms with Crippen molar-refractivity contribution < 1.29 is 4.79 Å². The second kappa shape index (κ2) is 7.17. The van der Waals surface area contributed by atoms with Gasteiger partial charge in [0.1, 0.15) is 10.8 Å². The van der Waals surface area contributed by atoms with Crippen molar-refractivity contribution in [1.82, 2.24) is 15.3 Å². The Morgan fingerprint density at radius 1 is 1.33 bits per heavy atom. The average Bonchev–Trinajstić information content (AvgIpc) is 2.90. The third kappa shape index (κ3) is 4.26. The third-order valence-corrected chi connectivity index (χ3v) is 3.94. The Kier molecular flexibility index (Phi) is 5.27. The van der Waals surface area contributed by atoms with Gasteiger partial charge in [-0.1, -0.05) is 13.3 Å². The molecule has 21 heavy (non-hydrogen) atoms. The molecule has 5 nitrogen and oxygen atoms in total. The molecule has 0 fully saturated rings. The first kappa shape index (κ1) is 15.4. The molecule has 112 valence electrons. The van der Waals surface area contributed by atoms with E-state index in [1.807, 2.05) is 18.4 Å². The van der Waals surface area contributed by atoms with Crippen LogP contribution in [0.5, 0.6) is 0 Å². The molecule has 2 aromatic heterocycles. The first-order valence-corrected chi connectivity index (χ1v) is 7.88. The second-order valence-corrected chi connectivity index (χ2v) is 5.74. The quantitative estimate of drug-likeness (QED) is 0.861. The molecule has 0 aromatic carbocycles. The number of carbonyl (C=O) groups is 1. The van der Waals surface area contributed by atoms with Gasteiger partial charge in [-0.25, -0.2) is 9.97 Å². The molecule has 2 N–H and O–H groups in total. The number of rotatable bonds is 6. The largest absolute Gasteiger partial charge is 0.373 e. The molecule has 2 rings (SSSR count). The van der Waals surface area contributed by atoms with E-state index in [0.717, 1.165) is 35.1 Å². The molecular formula is C15H20N4OS. The minimum atomic E-state index is -0.0980. The molecule has 2 aromatic rings. The smallest absolute Gasteiger partial charge is 0.251 e. The lowest BCUT2D eigenvalue weighted by Gasteiger charge is -2.08. The SMILES string of the molecule is CCCc1cc(C(=O)NCc2nc(C)cs2)cc(NC)n1. The zero-order chi connectivity index (χ0) is 15.2. The first-order valence-electron chi connectivity index (χ1n) is 7.00. The highest BCUT2D eigenvalue weighted by molar-refractivity contribution is 7.09. The van der Waals surface area contributed by atoms with Crippen LogP contribution in [0.15, 0.2) is 17.5 Å². The van der Waals surface area contributed by atoms with Gasteiger partial charge in [0, 0.05) is 29.4 Å². The molecule has 2 heterocycles. The molecule has 0 aliphatic carbocycles. The number of nitrogens with zero attached hydrogens (tertiary/aromatic N) is 2. The molecule has 0 spiro atoms. The minimum absolute atomic E-state index is 0.0980. The number of thiazole rings is 1. The number of aryl methyl sites for hydroxylation is 2. The topological polar surface area (TPSA) is 66.9 Å². The maximum Gasteiger partial charge on any atom is 0.251 e. The highest BCUT2D eigenvalue weighted by Gasteiger charge is 2.10. The summed E-state index contributed by atoms with van der Waals surface area (Å²) in [5, 5.41) is 8.79. The highest BCUT2D eigenvalue weighted by atomic mass is 32.1. The minimum Gasteiger partial charge on any atom is -0.373 e. The Morgan fingerprint density at radius 3 is 2.76 bits per heavy atom. The average molecular weight is 304 g/mol. The lowest BCUT2D eigenvalue weighted by molar-refractivity contribution is 0.0950. The number of nitrogens with one attached hydrogen (secondary N) is 2. The van der Waals surface area contributed by atoms with E-state index < -0.39 is 0 Å². The molecule has 0 radical (unpaired) electrons. The fraction of sp³-hybridized carbons (Fsp3) is 0.400. The van der Waals surface area contributed by atoms with Crippen LogP contribution in [0.3, 0.4) is 0 Å². The number of hydrogen-bond donors (Lipinski definition) is 2. The predicted molar refractivity (Wildman–Crippen MR) is 85.8 cm³/mol. The van der Waals surface area contributed by atoms with E-state index >= 15 is 0 Å². The van der Waals surface area contributed by atoms with Crippen molar-refractivity contribution in [3.05, 3.63) is 39.5 Å². The molecule has 0 aliphatic heterocycles. The van der Waals surface area contributed by atoms with E-state index in [2.05, 4.69) is 27.5 Å². The summed E-state index contributed by atoms with van der Waals surface area (Å²) in [5.74, 6) is 0.621. The zero-order valence-electron chi connectivity index (χ0n) is 12.6. The van der Waals surface area contributed by atoms with Gasteiger partial charge >= 0.3 is 0 Å². The van der Waals surface area contributed by atoms with Crippen LogP contribution in [0.4, 0.5) is 5.82 Å². The van der Waals surface area contributed by atoms with E-state index in [-0.39, 0.29) is 5.91 Å². The van der Waals surface area contributed by atoms with Crippen molar-refractivity contribution in [3.63, 3.8) is 0 Å². The van der Waals surface area contributed by atoms with Crippen LogP contribution in [0.1, 0.15) is 40.1 Å². The van der Waals surface area contributed by atoms with E-state index in [1.165, 1.54) is 0 Å². The summed E-state index contributed by atoms with van der Waals surface area (Å²) in [6.07, 6.45) is 1.86. The van der Waals surface area contributed by atoms with Gasteiger partial charge in [-0.05, 0) is 25.5 Å². The third-order valence-electron chi connectivity index (χ3n) is 2.97. The van der Waals surface area contributed by atoms with Gasteiger partial charge in [-0.3, -0.25) is 4.79 Å². The van der Waals surface area contributed by atoms with Crippen LogP contribution in [-0.2, 0) is 13.0 Å². The summed E-state index contributed by atoms with van der Waals surface area (Å²) in [4.78, 5) is 21.0. The van der Waals surface area contributed by atoms with Crippen molar-refractivity contribution >= 4 is 23.1 Å². The summed E-state index contributed by atoms with van der Waals surface area (Å²) in [6.45, 7) is 4.50. The molecule has 0 unspecified atom stereocenters. The van der Waals surface area contributed by atoms with E-state index in [4.69, 9.17) is 0 Å². The lowest BCUT2D eigenvalue weighted by Crippen LogP contribution is -2.23. The van der Waals surface area contributed by atoms with Crippen molar-refractivity contribution in [1.29, 1.82) is 0 Å². The maximum absolute atomic E-state index is 12.3. The molecule has 1 amide bonds. The fourth-order valence-electron chi connectivity index (χ4n) is 1.97. The Bertz CT molecular complexity index is 624. The van der Waals surface area contributed by atoms with Gasteiger partial charge in [0.05, 0.1) is 6.54 Å². The van der Waals surface area contributed by atoms with Crippen molar-refractivity contribution in [2.75, 3.05) is 12.4 Å². The van der Waals surface area contributed by atoms with Crippen LogP contribution in [0, 0.1) is 6.92 Å². The first-order chi connectivity index (χ1) is 10.1. The van der Waals surface area contributed by atoms with Gasteiger partial charge in [0.15, 0.2) is 0 Å². The number of amides is 1. The fourth-order valence-corrected chi connectivity index (χ4v) is 2.68. The number of pyridine rings is 1. The van der Waals surface area contributed by atoms with Gasteiger partial charge < -0.3 is 10.6 Å². The summed E-state index contributed by atoms with van der Waals surface area (Å²) in [7, 11) is 1.80. The number of aromatic nitrogens is 2. The molecule has 0 aliphatic rings. The predicted octanol–water partition coefficient (Wildman–Crippen LogP) is 2.77. The molecule has 6 heteroatoms. The Labute approximate surface area is 128 Å². The molecule has 0 saturated heterocycles. The zero-order valence-corrected chi connectivity index (χ0v) is 13.4. The number of anilines is 1. The number of carbonyl (C=O) groups excluding carboxylic acids is 1. The van der Waals surface area contributed by atoms with Gasteiger partial charge in [0.25, 0.3) is 5.91 Å². The summed E-state index contributed by atoms with van der Waals surface area (Å²) < 4.78 is 0. The lowest BCUT2D eigenvalue weighted by atomic mass is 10.1. The highest BCUT2D eigenvalue weighted by Crippen LogP contribution is 2.13. The number of hydrogen-bond acceptors (Lipinski definition) is 5. The van der Waals surface area contributed by atoms with Gasteiger partial charge in [-0.15, -0.1) is 11.3 Å². The molecular weight excluding hydrogens is 284 g/mol. The summed E-state index contributed by atoms with van der Waals surface area (Å²) in [5.41, 5.74) is 2.54. The molecule has 0 bridgehead atoms. The maximum atomic E-state index is 12.3. The second-order valence-electron chi connectivity index (χ2n) is 4.80. The van der Waals surface area contributed by atoms with E-state index in [9.17, 15) is 4.79 Å². The van der Waals surface area contributed by atoms with Crippen molar-refractivity contribution in [2.45, 2.75) is 33.2 Å². The van der Waals surface area contributed by atoms with Crippen LogP contribution < -0.4 is 10.6 Å². The van der Waals surface area contributed by atoms with Gasteiger partial charge in [0.2, 0.25) is 0 Å². The summed E-state index contributed by atoms with van der Waals surface area (Å²) >= 11 is 1.56. The molecule has 0 atom stereocenters. The Balaban J connectivity index is 2.08. The summed E-state index contributed by atoms with van der Waals surface area (Å²) in [6, 6.07) is 3.62. The Morgan fingerprint density at radius 2 is 2.14 bits per heavy atom. The van der Waals surface area contributed by atoms with Gasteiger partial charge in [-0.2, -0.15) is 0 Å². The Hall–Kier alpha value is -1.95. The van der Waals surface area contributed by atoms with Crippen LogP contribution in [-0.4, -0.2) is 22.9 Å². The van der Waals surface area contributed by atoms with E-state index in [0.29, 0.717) is 12.1 Å². The van der Waals surface area contributed by atoms with Crippen molar-refractivity contribution in [3.8, 4) is 0 Å². The van der Waals surface area contributed by atoms with Crippen LogP contribution in [0.25, 0.3) is 0 Å². The van der Waals surface area contributed by atoms with Crippen LogP contribution >= 0.6 is 11.3 Å². The van der Waals surface area contributed by atoms with Crippen molar-refractivity contribution in [2.24, 2.45) is 0 Å². The normalized spacial score (nSPS) is 10.4.